The van der Waals surface area contributed by atoms with Gasteiger partial charge in [-0.15, -0.1) is 11.3 Å². The fourth-order valence-corrected chi connectivity index (χ4v) is 13.2. The first kappa shape index (κ1) is 45.5. The van der Waals surface area contributed by atoms with Gasteiger partial charge in [-0.1, -0.05) is 243 Å². The molecule has 0 N–H and O–H groups in total. The van der Waals surface area contributed by atoms with Crippen LogP contribution in [0, 0.1) is 0 Å². The van der Waals surface area contributed by atoms with E-state index in [9.17, 15) is 0 Å². The smallest absolute Gasteiger partial charge is 0.0618 e. The molecule has 0 fully saturated rings. The maximum Gasteiger partial charge on any atom is 0.0618 e. The van der Waals surface area contributed by atoms with Crippen LogP contribution < -0.4 is 4.90 Å². The Bertz CT molecular complexity index is 4630. The predicted molar refractivity (Wildman–Crippen MR) is 337 cm³/mol. The average Bonchev–Trinajstić information content (AvgIpc) is 4.16. The van der Waals surface area contributed by atoms with Crippen LogP contribution in [0.3, 0.4) is 0 Å². The minimum Gasteiger partial charge on any atom is -0.309 e. The molecule has 0 aliphatic carbocycles. The minimum absolute atomic E-state index is 1.10. The van der Waals surface area contributed by atoms with Crippen molar-refractivity contribution in [2.45, 2.75) is 0 Å². The molecule has 364 valence electrons. The minimum atomic E-state index is 1.10. The summed E-state index contributed by atoms with van der Waals surface area (Å²) in [5, 5.41) is 14.8. The van der Waals surface area contributed by atoms with Crippen LogP contribution in [0.5, 0.6) is 0 Å². The van der Waals surface area contributed by atoms with E-state index >= 15 is 0 Å². The summed E-state index contributed by atoms with van der Waals surface area (Å²) in [7, 11) is 0. The van der Waals surface area contributed by atoms with Crippen molar-refractivity contribution in [2.75, 3.05) is 4.90 Å². The second-order valence-corrected chi connectivity index (χ2v) is 21.4. The molecule has 0 saturated heterocycles. The summed E-state index contributed by atoms with van der Waals surface area (Å²) in [6.45, 7) is 0. The summed E-state index contributed by atoms with van der Waals surface area (Å²) in [6.07, 6.45) is 0. The molecular weight excluding hydrogens is 959 g/mol. The van der Waals surface area contributed by atoms with E-state index in [4.69, 9.17) is 0 Å². The molecule has 0 atom stereocenters. The van der Waals surface area contributed by atoms with Crippen molar-refractivity contribution in [1.82, 2.24) is 0 Å². The van der Waals surface area contributed by atoms with Gasteiger partial charge in [-0.3, -0.25) is 0 Å². The van der Waals surface area contributed by atoms with Gasteiger partial charge in [-0.25, -0.2) is 0 Å². The van der Waals surface area contributed by atoms with Crippen molar-refractivity contribution >= 4 is 93.0 Å². The van der Waals surface area contributed by atoms with Crippen molar-refractivity contribution in [1.29, 1.82) is 0 Å². The van der Waals surface area contributed by atoms with E-state index in [0.29, 0.717) is 0 Å². The highest BCUT2D eigenvalue weighted by atomic mass is 32.1. The quantitative estimate of drug-likeness (QED) is 0.130. The lowest BCUT2D eigenvalue weighted by molar-refractivity contribution is 1.31. The molecule has 15 aromatic rings. The van der Waals surface area contributed by atoms with Crippen LogP contribution in [0.25, 0.3) is 130 Å². The Morgan fingerprint density at radius 3 is 1.06 bits per heavy atom. The zero-order chi connectivity index (χ0) is 51.5. The van der Waals surface area contributed by atoms with Crippen molar-refractivity contribution in [3.63, 3.8) is 0 Å². The van der Waals surface area contributed by atoms with Crippen molar-refractivity contribution in [3.05, 3.63) is 297 Å². The number of thiophene rings is 1. The SMILES string of the molecule is c1ccc(-c2ccc(N(c3ccc(-c4ccccc4)cc3)c3c4ccccc4c(-c4ccc(-c5ccc6c(-c7ccc8ccccc8c7)c7ccccc7c(-c7ccc8ccccc8c7)c6c5)s4)c4ccccc34)cc2)cc1. The first-order valence-corrected chi connectivity index (χ1v) is 27.6. The Morgan fingerprint density at radius 2 is 0.564 bits per heavy atom. The fourth-order valence-electron chi connectivity index (χ4n) is 12.2. The lowest BCUT2D eigenvalue weighted by Gasteiger charge is -2.29. The summed E-state index contributed by atoms with van der Waals surface area (Å²) in [4.78, 5) is 4.93. The Hall–Kier alpha value is -9.86. The molecular formula is C76H49NS. The molecule has 2 heteroatoms. The van der Waals surface area contributed by atoms with Crippen LogP contribution in [0.1, 0.15) is 0 Å². The first-order valence-electron chi connectivity index (χ1n) is 26.8. The van der Waals surface area contributed by atoms with E-state index in [1.54, 1.807) is 0 Å². The number of nitrogens with zero attached hydrogens (tertiary/aromatic N) is 1. The third-order valence-corrected chi connectivity index (χ3v) is 17.0. The number of hydrogen-bond donors (Lipinski definition) is 0. The van der Waals surface area contributed by atoms with Crippen LogP contribution in [0.15, 0.2) is 297 Å². The van der Waals surface area contributed by atoms with E-state index in [2.05, 4.69) is 302 Å². The molecule has 0 bridgehead atoms. The zero-order valence-corrected chi connectivity index (χ0v) is 43.5. The number of benzene rings is 14. The predicted octanol–water partition coefficient (Wildman–Crippen LogP) is 22.1. The molecule has 0 spiro atoms. The van der Waals surface area contributed by atoms with Gasteiger partial charge in [0.25, 0.3) is 0 Å². The fraction of sp³-hybridized carbons (Fsp3) is 0. The molecule has 78 heavy (non-hydrogen) atoms. The van der Waals surface area contributed by atoms with Gasteiger partial charge >= 0.3 is 0 Å². The summed E-state index contributed by atoms with van der Waals surface area (Å²) < 4.78 is 0. The standard InChI is InChI=1S/C76H49NS/c1-3-17-50(18-4-1)54-35-40-61(41-36-54)77(62-42-37-55(38-43-62)51-19-5-2-6-20-51)76-68-29-15-13-27-65(68)75(66-28-14-16-30-69(66)76)72-46-45-71(78-72)58-39-44-67-70(49-58)74(60-34-32-53-22-8-10-24-57(53)48-60)64-26-12-11-25-63(64)73(67)59-33-31-52-21-7-9-23-56(52)47-59/h1-49H. The van der Waals surface area contributed by atoms with Gasteiger partial charge in [0, 0.05) is 37.5 Å². The van der Waals surface area contributed by atoms with Crippen LogP contribution >= 0.6 is 11.3 Å². The van der Waals surface area contributed by atoms with E-state index in [1.807, 2.05) is 11.3 Å². The maximum absolute atomic E-state index is 2.47. The second-order valence-electron chi connectivity index (χ2n) is 20.3. The van der Waals surface area contributed by atoms with Crippen LogP contribution in [0.2, 0.25) is 0 Å². The average molecular weight is 1010 g/mol. The molecule has 0 radical (unpaired) electrons. The molecule has 1 heterocycles. The van der Waals surface area contributed by atoms with Crippen molar-refractivity contribution in [3.8, 4) is 65.4 Å². The van der Waals surface area contributed by atoms with Crippen molar-refractivity contribution in [2.24, 2.45) is 0 Å². The highest BCUT2D eigenvalue weighted by molar-refractivity contribution is 7.19. The van der Waals surface area contributed by atoms with E-state index in [-0.39, 0.29) is 0 Å². The summed E-state index contributed by atoms with van der Waals surface area (Å²) >= 11 is 1.88. The molecule has 15 rings (SSSR count). The number of hydrogen-bond acceptors (Lipinski definition) is 2. The molecule has 14 aromatic carbocycles. The Labute approximate surface area is 457 Å². The van der Waals surface area contributed by atoms with Gasteiger partial charge in [0.1, 0.15) is 0 Å². The maximum atomic E-state index is 2.47. The summed E-state index contributed by atoms with van der Waals surface area (Å²) in [5.74, 6) is 0. The van der Waals surface area contributed by atoms with Gasteiger partial charge in [0.2, 0.25) is 0 Å². The second kappa shape index (κ2) is 19.1. The van der Waals surface area contributed by atoms with E-state index in [0.717, 1.165) is 17.1 Å². The first-order chi connectivity index (χ1) is 38.7. The van der Waals surface area contributed by atoms with Gasteiger partial charge in [-0.05, 0) is 159 Å². The number of fused-ring (bicyclic) bond motifs is 6. The molecule has 0 saturated carbocycles. The lowest BCUT2D eigenvalue weighted by atomic mass is 9.84. The molecule has 0 aliphatic rings. The third-order valence-electron chi connectivity index (χ3n) is 15.8. The number of rotatable bonds is 9. The zero-order valence-electron chi connectivity index (χ0n) is 42.6. The van der Waals surface area contributed by atoms with E-state index in [1.165, 1.54) is 130 Å². The molecule has 0 amide bonds. The molecule has 0 unspecified atom stereocenters. The van der Waals surface area contributed by atoms with E-state index < -0.39 is 0 Å². The van der Waals surface area contributed by atoms with Crippen LogP contribution in [-0.4, -0.2) is 0 Å². The van der Waals surface area contributed by atoms with Crippen LogP contribution in [0.4, 0.5) is 17.1 Å². The third kappa shape index (κ3) is 7.84. The highest BCUT2D eigenvalue weighted by Gasteiger charge is 2.24. The van der Waals surface area contributed by atoms with Gasteiger partial charge in [-0.2, -0.15) is 0 Å². The monoisotopic (exact) mass is 1010 g/mol. The summed E-state index contributed by atoms with van der Waals surface area (Å²) in [6, 6.07) is 110. The molecule has 1 aromatic heterocycles. The van der Waals surface area contributed by atoms with Gasteiger partial charge in [0.05, 0.1) is 5.69 Å². The lowest BCUT2D eigenvalue weighted by Crippen LogP contribution is -2.11. The molecule has 0 aliphatic heterocycles. The normalized spacial score (nSPS) is 11.6. The van der Waals surface area contributed by atoms with Gasteiger partial charge < -0.3 is 4.90 Å². The Morgan fingerprint density at radius 1 is 0.205 bits per heavy atom. The Kier molecular flexibility index (Phi) is 11.1. The molecule has 1 nitrogen and oxygen atoms in total. The number of anilines is 3. The summed E-state index contributed by atoms with van der Waals surface area (Å²) in [5.41, 5.74) is 15.5. The highest BCUT2D eigenvalue weighted by Crippen LogP contribution is 2.51. The largest absolute Gasteiger partial charge is 0.309 e. The van der Waals surface area contributed by atoms with Crippen LogP contribution in [-0.2, 0) is 0 Å². The van der Waals surface area contributed by atoms with Crippen molar-refractivity contribution < 1.29 is 0 Å². The van der Waals surface area contributed by atoms with Gasteiger partial charge in [0.15, 0.2) is 0 Å². The topological polar surface area (TPSA) is 3.24 Å². The Balaban J connectivity index is 0.913.